The van der Waals surface area contributed by atoms with E-state index in [-0.39, 0.29) is 11.9 Å². The van der Waals surface area contributed by atoms with Gasteiger partial charge in [0.15, 0.2) is 0 Å². The summed E-state index contributed by atoms with van der Waals surface area (Å²) in [6, 6.07) is 8.53. The van der Waals surface area contributed by atoms with E-state index in [1.807, 2.05) is 19.1 Å². The Bertz CT molecular complexity index is 581. The molecule has 1 saturated heterocycles. The Kier molecular flexibility index (Phi) is 6.41. The van der Waals surface area contributed by atoms with Gasteiger partial charge in [-0.05, 0) is 49.9 Å². The molecule has 1 amide bonds. The largest absolute Gasteiger partial charge is 0.497 e. The molecule has 5 heteroatoms. The van der Waals surface area contributed by atoms with Crippen LogP contribution in [0.3, 0.4) is 0 Å². The minimum absolute atomic E-state index is 0.0536. The molecular weight excluding hydrogens is 326 g/mol. The molecule has 3 atom stereocenters. The fourth-order valence-electron chi connectivity index (χ4n) is 4.16. The summed E-state index contributed by atoms with van der Waals surface area (Å²) >= 11 is 0. The average Bonchev–Trinajstić information content (AvgIpc) is 2.69. The highest BCUT2D eigenvalue weighted by atomic mass is 16.5. The lowest BCUT2D eigenvalue weighted by Crippen LogP contribution is -2.55. The van der Waals surface area contributed by atoms with Crippen LogP contribution in [0.4, 0.5) is 5.69 Å². The number of ether oxygens (including phenoxy) is 1. The number of rotatable bonds is 5. The first-order chi connectivity index (χ1) is 12.6. The molecule has 1 N–H and O–H groups in total. The van der Waals surface area contributed by atoms with Gasteiger partial charge in [-0.1, -0.05) is 19.8 Å². The van der Waals surface area contributed by atoms with E-state index >= 15 is 0 Å². The average molecular weight is 360 g/mol. The Hall–Kier alpha value is -1.75. The smallest absolute Gasteiger partial charge is 0.237 e. The Morgan fingerprint density at radius 1 is 1.12 bits per heavy atom. The van der Waals surface area contributed by atoms with Crippen LogP contribution in [0.1, 0.15) is 39.5 Å². The maximum absolute atomic E-state index is 12.7. The second kappa shape index (κ2) is 8.76. The molecule has 3 rings (SSSR count). The number of nitrogens with zero attached hydrogens (tertiary/aromatic N) is 2. The zero-order valence-electron chi connectivity index (χ0n) is 16.4. The van der Waals surface area contributed by atoms with Gasteiger partial charge >= 0.3 is 0 Å². The van der Waals surface area contributed by atoms with Crippen molar-refractivity contribution in [1.29, 1.82) is 0 Å². The third kappa shape index (κ3) is 4.50. The number of benzene rings is 1. The number of amides is 1. The highest BCUT2D eigenvalue weighted by Crippen LogP contribution is 2.24. The van der Waals surface area contributed by atoms with Crippen LogP contribution >= 0.6 is 0 Å². The van der Waals surface area contributed by atoms with Crippen molar-refractivity contribution in [3.63, 3.8) is 0 Å². The minimum Gasteiger partial charge on any atom is -0.497 e. The number of methoxy groups -OCH3 is 1. The predicted octanol–water partition coefficient (Wildman–Crippen LogP) is 2.90. The van der Waals surface area contributed by atoms with Crippen molar-refractivity contribution in [2.75, 3.05) is 38.2 Å². The maximum atomic E-state index is 12.7. The molecule has 1 saturated carbocycles. The Morgan fingerprint density at radius 2 is 1.77 bits per heavy atom. The number of hydrogen-bond acceptors (Lipinski definition) is 4. The first kappa shape index (κ1) is 19.0. The summed E-state index contributed by atoms with van der Waals surface area (Å²) in [6.45, 7) is 8.05. The van der Waals surface area contributed by atoms with E-state index in [1.54, 1.807) is 7.11 Å². The molecule has 0 bridgehead atoms. The van der Waals surface area contributed by atoms with Crippen LogP contribution in [-0.2, 0) is 4.79 Å². The number of nitrogens with one attached hydrogen (secondary N) is 1. The quantitative estimate of drug-likeness (QED) is 0.878. The topological polar surface area (TPSA) is 44.8 Å². The third-order valence-corrected chi connectivity index (χ3v) is 6.12. The molecule has 0 radical (unpaired) electrons. The fourth-order valence-corrected chi connectivity index (χ4v) is 4.16. The van der Waals surface area contributed by atoms with Gasteiger partial charge in [-0.15, -0.1) is 0 Å². The molecule has 1 heterocycles. The molecule has 0 spiro atoms. The zero-order valence-corrected chi connectivity index (χ0v) is 16.4. The van der Waals surface area contributed by atoms with Crippen molar-refractivity contribution in [3.8, 4) is 5.75 Å². The number of carbonyl (C=O) groups excluding carboxylic acids is 1. The SMILES string of the molecule is COc1ccc(N2CCN([C@H](C)C(=O)N[C@@H]3CCCC[C@H]3C)CC2)cc1. The van der Waals surface area contributed by atoms with Gasteiger partial charge in [0.2, 0.25) is 5.91 Å². The summed E-state index contributed by atoms with van der Waals surface area (Å²) in [6.07, 6.45) is 4.91. The van der Waals surface area contributed by atoms with Gasteiger partial charge in [-0.25, -0.2) is 0 Å². The van der Waals surface area contributed by atoms with E-state index in [2.05, 4.69) is 34.2 Å². The summed E-state index contributed by atoms with van der Waals surface area (Å²) in [7, 11) is 1.69. The van der Waals surface area contributed by atoms with Gasteiger partial charge in [-0.2, -0.15) is 0 Å². The first-order valence-electron chi connectivity index (χ1n) is 10.0. The fraction of sp³-hybridized carbons (Fsp3) is 0.667. The van der Waals surface area contributed by atoms with Crippen LogP contribution in [0.2, 0.25) is 0 Å². The lowest BCUT2D eigenvalue weighted by atomic mass is 9.86. The van der Waals surface area contributed by atoms with Gasteiger partial charge in [0, 0.05) is 37.9 Å². The Morgan fingerprint density at radius 3 is 2.38 bits per heavy atom. The summed E-state index contributed by atoms with van der Waals surface area (Å²) in [5.41, 5.74) is 1.22. The molecule has 2 fully saturated rings. The van der Waals surface area contributed by atoms with Crippen LogP contribution in [0.5, 0.6) is 5.75 Å². The maximum Gasteiger partial charge on any atom is 0.237 e. The highest BCUT2D eigenvalue weighted by molar-refractivity contribution is 5.81. The van der Waals surface area contributed by atoms with Gasteiger partial charge in [0.1, 0.15) is 5.75 Å². The molecule has 0 unspecified atom stereocenters. The van der Waals surface area contributed by atoms with Crippen LogP contribution in [0.25, 0.3) is 0 Å². The first-order valence-corrected chi connectivity index (χ1v) is 10.0. The molecule has 5 nitrogen and oxygen atoms in total. The molecule has 0 aromatic heterocycles. The normalized spacial score (nSPS) is 25.6. The van der Waals surface area contributed by atoms with E-state index in [1.165, 1.54) is 24.9 Å². The van der Waals surface area contributed by atoms with Crippen molar-refractivity contribution in [2.24, 2.45) is 5.92 Å². The van der Waals surface area contributed by atoms with Crippen LogP contribution in [-0.4, -0.2) is 56.2 Å². The number of anilines is 1. The zero-order chi connectivity index (χ0) is 18.5. The monoisotopic (exact) mass is 359 g/mol. The lowest BCUT2D eigenvalue weighted by Gasteiger charge is -2.39. The molecule has 1 aliphatic carbocycles. The highest BCUT2D eigenvalue weighted by Gasteiger charge is 2.29. The molecule has 1 aromatic rings. The number of hydrogen-bond donors (Lipinski definition) is 1. The molecule has 144 valence electrons. The molecule has 1 aliphatic heterocycles. The standard InChI is InChI=1S/C21H33N3O2/c1-16-6-4-5-7-20(16)22-21(25)17(2)23-12-14-24(15-13-23)18-8-10-19(26-3)11-9-18/h8-11,16-17,20H,4-7,12-15H2,1-3H3,(H,22,25)/t16-,17-,20-/m1/s1. The van der Waals surface area contributed by atoms with Crippen LogP contribution < -0.4 is 15.0 Å². The summed E-state index contributed by atoms with van der Waals surface area (Å²) < 4.78 is 5.23. The molecular formula is C21H33N3O2. The summed E-state index contributed by atoms with van der Waals surface area (Å²) in [5, 5.41) is 3.31. The van der Waals surface area contributed by atoms with E-state index in [9.17, 15) is 4.79 Å². The van der Waals surface area contributed by atoms with Crippen molar-refractivity contribution >= 4 is 11.6 Å². The molecule has 2 aliphatic rings. The van der Waals surface area contributed by atoms with Crippen LogP contribution in [0, 0.1) is 5.92 Å². The second-order valence-electron chi connectivity index (χ2n) is 7.77. The lowest BCUT2D eigenvalue weighted by molar-refractivity contribution is -0.127. The predicted molar refractivity (Wildman–Crippen MR) is 106 cm³/mol. The van der Waals surface area contributed by atoms with Gasteiger partial charge < -0.3 is 15.0 Å². The third-order valence-electron chi connectivity index (χ3n) is 6.12. The van der Waals surface area contributed by atoms with Crippen molar-refractivity contribution < 1.29 is 9.53 Å². The number of piperazine rings is 1. The minimum atomic E-state index is -0.0536. The number of carbonyl (C=O) groups is 1. The summed E-state index contributed by atoms with van der Waals surface area (Å²) in [5.74, 6) is 1.68. The molecule has 1 aromatic carbocycles. The van der Waals surface area contributed by atoms with Crippen molar-refractivity contribution in [3.05, 3.63) is 24.3 Å². The van der Waals surface area contributed by atoms with Gasteiger partial charge in [-0.3, -0.25) is 9.69 Å². The van der Waals surface area contributed by atoms with E-state index in [4.69, 9.17) is 4.74 Å². The summed E-state index contributed by atoms with van der Waals surface area (Å²) in [4.78, 5) is 17.4. The van der Waals surface area contributed by atoms with E-state index in [0.29, 0.717) is 12.0 Å². The van der Waals surface area contributed by atoms with Gasteiger partial charge in [0.05, 0.1) is 13.2 Å². The van der Waals surface area contributed by atoms with Crippen molar-refractivity contribution in [2.45, 2.75) is 51.6 Å². The van der Waals surface area contributed by atoms with Crippen molar-refractivity contribution in [1.82, 2.24) is 10.2 Å². The Balaban J connectivity index is 1.49. The van der Waals surface area contributed by atoms with E-state index in [0.717, 1.165) is 38.3 Å². The van der Waals surface area contributed by atoms with Crippen LogP contribution in [0.15, 0.2) is 24.3 Å². The second-order valence-corrected chi connectivity index (χ2v) is 7.77. The van der Waals surface area contributed by atoms with Gasteiger partial charge in [0.25, 0.3) is 0 Å². The Labute approximate surface area is 157 Å². The van der Waals surface area contributed by atoms with E-state index < -0.39 is 0 Å². The molecule has 26 heavy (non-hydrogen) atoms.